The Bertz CT molecular complexity index is 1080. The Hall–Kier alpha value is -3.33. The third-order valence-corrected chi connectivity index (χ3v) is 5.41. The number of nitrogens with two attached hydrogens (primary N) is 1. The Labute approximate surface area is 178 Å². The predicted octanol–water partition coefficient (Wildman–Crippen LogP) is 2.24. The second kappa shape index (κ2) is 9.93. The third-order valence-electron chi connectivity index (χ3n) is 4.46. The van der Waals surface area contributed by atoms with Crippen LogP contribution in [0.5, 0.6) is 5.75 Å². The summed E-state index contributed by atoms with van der Waals surface area (Å²) in [6, 6.07) is 14.9. The number of aromatic nitrogens is 3. The smallest absolute Gasteiger partial charge is 0.294 e. The maximum absolute atomic E-state index is 12.5. The summed E-state index contributed by atoms with van der Waals surface area (Å²) in [7, 11) is 1.59. The quantitative estimate of drug-likeness (QED) is 0.420. The SMILES string of the molecule is CCc1ccccc1NC(=O)CSc1nnc(Cc2ccc(OC)cc2)c(=O)n1N. The number of ether oxygens (including phenoxy) is 1. The van der Waals surface area contributed by atoms with Crippen LogP contribution in [-0.2, 0) is 17.6 Å². The van der Waals surface area contributed by atoms with Crippen molar-refractivity contribution in [2.75, 3.05) is 24.0 Å². The topological polar surface area (TPSA) is 112 Å². The van der Waals surface area contributed by atoms with E-state index in [9.17, 15) is 9.59 Å². The van der Waals surface area contributed by atoms with Gasteiger partial charge in [-0.25, -0.2) is 0 Å². The standard InChI is InChI=1S/C21H23N5O3S/c1-3-15-6-4-5-7-17(15)23-19(27)13-30-21-25-24-18(20(28)26(21)22)12-14-8-10-16(29-2)11-9-14/h4-11H,3,12-13,22H2,1-2H3,(H,23,27). The molecule has 1 aromatic heterocycles. The van der Waals surface area contributed by atoms with E-state index in [4.69, 9.17) is 10.6 Å². The molecule has 0 aliphatic heterocycles. The minimum absolute atomic E-state index is 0.0567. The van der Waals surface area contributed by atoms with E-state index in [1.54, 1.807) is 7.11 Å². The van der Waals surface area contributed by atoms with Crippen molar-refractivity contribution in [2.24, 2.45) is 0 Å². The van der Waals surface area contributed by atoms with Gasteiger partial charge in [0.15, 0.2) is 0 Å². The van der Waals surface area contributed by atoms with E-state index >= 15 is 0 Å². The summed E-state index contributed by atoms with van der Waals surface area (Å²) in [5, 5.41) is 11.1. The summed E-state index contributed by atoms with van der Waals surface area (Å²) in [4.78, 5) is 24.8. The number of anilines is 1. The largest absolute Gasteiger partial charge is 0.497 e. The van der Waals surface area contributed by atoms with Gasteiger partial charge in [-0.3, -0.25) is 9.59 Å². The molecule has 9 heteroatoms. The first-order chi connectivity index (χ1) is 14.5. The molecular formula is C21H23N5O3S. The number of aryl methyl sites for hydroxylation is 1. The average molecular weight is 426 g/mol. The molecule has 0 fully saturated rings. The highest BCUT2D eigenvalue weighted by Gasteiger charge is 2.14. The fourth-order valence-electron chi connectivity index (χ4n) is 2.83. The highest BCUT2D eigenvalue weighted by atomic mass is 32.2. The molecule has 0 spiro atoms. The maximum Gasteiger partial charge on any atom is 0.294 e. The van der Waals surface area contributed by atoms with Crippen LogP contribution < -0.4 is 21.5 Å². The Morgan fingerprint density at radius 1 is 1.17 bits per heavy atom. The first kappa shape index (κ1) is 21.4. The Balaban J connectivity index is 1.65. The van der Waals surface area contributed by atoms with Crippen LogP contribution in [0, 0.1) is 0 Å². The van der Waals surface area contributed by atoms with Gasteiger partial charge >= 0.3 is 0 Å². The third kappa shape index (κ3) is 5.18. The maximum atomic E-state index is 12.5. The summed E-state index contributed by atoms with van der Waals surface area (Å²) in [6.07, 6.45) is 1.11. The summed E-state index contributed by atoms with van der Waals surface area (Å²) in [5.74, 6) is 6.47. The number of nitrogens with one attached hydrogen (secondary N) is 1. The average Bonchev–Trinajstić information content (AvgIpc) is 2.77. The predicted molar refractivity (Wildman–Crippen MR) is 117 cm³/mol. The summed E-state index contributed by atoms with van der Waals surface area (Å²) < 4.78 is 6.06. The number of carbonyl (C=O) groups is 1. The van der Waals surface area contributed by atoms with Crippen LogP contribution in [0.1, 0.15) is 23.7 Å². The summed E-state index contributed by atoms with van der Waals surface area (Å²) in [5.41, 5.74) is 2.50. The van der Waals surface area contributed by atoms with Gasteiger partial charge in [0.1, 0.15) is 11.4 Å². The van der Waals surface area contributed by atoms with E-state index in [-0.39, 0.29) is 22.5 Å². The number of methoxy groups -OCH3 is 1. The van der Waals surface area contributed by atoms with Gasteiger partial charge in [0.2, 0.25) is 11.1 Å². The molecular weight excluding hydrogens is 402 g/mol. The monoisotopic (exact) mass is 425 g/mol. The van der Waals surface area contributed by atoms with Gasteiger partial charge in [0, 0.05) is 12.1 Å². The van der Waals surface area contributed by atoms with Crippen LogP contribution >= 0.6 is 11.8 Å². The molecule has 2 aromatic carbocycles. The minimum atomic E-state index is -0.444. The van der Waals surface area contributed by atoms with Crippen LogP contribution in [0.15, 0.2) is 58.5 Å². The lowest BCUT2D eigenvalue weighted by Gasteiger charge is -2.10. The van der Waals surface area contributed by atoms with Gasteiger partial charge in [-0.15, -0.1) is 10.2 Å². The van der Waals surface area contributed by atoms with Crippen LogP contribution in [0.4, 0.5) is 5.69 Å². The van der Waals surface area contributed by atoms with Gasteiger partial charge < -0.3 is 15.9 Å². The van der Waals surface area contributed by atoms with Crippen molar-refractivity contribution in [3.05, 3.63) is 75.7 Å². The van der Waals surface area contributed by atoms with Gasteiger partial charge in [0.25, 0.3) is 5.56 Å². The second-order valence-electron chi connectivity index (χ2n) is 6.48. The molecule has 0 radical (unpaired) electrons. The number of hydrogen-bond acceptors (Lipinski definition) is 7. The van der Waals surface area contributed by atoms with E-state index in [2.05, 4.69) is 15.5 Å². The Morgan fingerprint density at radius 2 is 1.90 bits per heavy atom. The number of amides is 1. The number of benzene rings is 2. The molecule has 0 aliphatic rings. The molecule has 1 amide bonds. The molecule has 0 bridgehead atoms. The fourth-order valence-corrected chi connectivity index (χ4v) is 3.49. The lowest BCUT2D eigenvalue weighted by molar-refractivity contribution is -0.113. The van der Waals surface area contributed by atoms with Gasteiger partial charge in [-0.05, 0) is 35.7 Å². The first-order valence-corrected chi connectivity index (χ1v) is 10.4. The first-order valence-electron chi connectivity index (χ1n) is 9.39. The van der Waals surface area contributed by atoms with Crippen LogP contribution in [-0.4, -0.2) is 33.6 Å². The zero-order valence-corrected chi connectivity index (χ0v) is 17.6. The van der Waals surface area contributed by atoms with E-state index < -0.39 is 5.56 Å². The van der Waals surface area contributed by atoms with Crippen molar-refractivity contribution in [1.29, 1.82) is 0 Å². The number of rotatable bonds is 8. The van der Waals surface area contributed by atoms with Gasteiger partial charge in [-0.2, -0.15) is 4.68 Å². The molecule has 0 unspecified atom stereocenters. The van der Waals surface area contributed by atoms with Gasteiger partial charge in [0.05, 0.1) is 12.9 Å². The van der Waals surface area contributed by atoms with Crippen molar-refractivity contribution in [3.8, 4) is 5.75 Å². The second-order valence-corrected chi connectivity index (χ2v) is 7.42. The minimum Gasteiger partial charge on any atom is -0.497 e. The lowest BCUT2D eigenvalue weighted by Crippen LogP contribution is -2.34. The van der Waals surface area contributed by atoms with Crippen molar-refractivity contribution in [2.45, 2.75) is 24.9 Å². The van der Waals surface area contributed by atoms with Crippen LogP contribution in [0.25, 0.3) is 0 Å². The highest BCUT2D eigenvalue weighted by molar-refractivity contribution is 7.99. The molecule has 1 heterocycles. The summed E-state index contributed by atoms with van der Waals surface area (Å²) >= 11 is 1.06. The number of nitrogen functional groups attached to an aromatic ring is 1. The van der Waals surface area contributed by atoms with Crippen LogP contribution in [0.2, 0.25) is 0 Å². The molecule has 8 nitrogen and oxygen atoms in total. The molecule has 0 saturated heterocycles. The number of nitrogens with zero attached hydrogens (tertiary/aromatic N) is 3. The van der Waals surface area contributed by atoms with E-state index in [0.29, 0.717) is 6.42 Å². The Morgan fingerprint density at radius 3 is 2.60 bits per heavy atom. The lowest BCUT2D eigenvalue weighted by atomic mass is 10.1. The molecule has 3 rings (SSSR count). The molecule has 0 aliphatic carbocycles. The number of hydrogen-bond donors (Lipinski definition) is 2. The van der Waals surface area contributed by atoms with Crippen molar-refractivity contribution in [3.63, 3.8) is 0 Å². The Kier molecular flexibility index (Phi) is 7.08. The number of carbonyl (C=O) groups excluding carboxylic acids is 1. The van der Waals surface area contributed by atoms with E-state index in [1.165, 1.54) is 0 Å². The fraction of sp³-hybridized carbons (Fsp3) is 0.238. The van der Waals surface area contributed by atoms with Crippen molar-refractivity contribution in [1.82, 2.24) is 14.9 Å². The van der Waals surface area contributed by atoms with E-state index in [1.807, 2.05) is 55.5 Å². The van der Waals surface area contributed by atoms with Crippen molar-refractivity contribution < 1.29 is 9.53 Å². The van der Waals surface area contributed by atoms with Gasteiger partial charge in [-0.1, -0.05) is 49.0 Å². The molecule has 30 heavy (non-hydrogen) atoms. The molecule has 3 aromatic rings. The zero-order valence-electron chi connectivity index (χ0n) is 16.8. The number of thioether (sulfide) groups is 1. The zero-order chi connectivity index (χ0) is 21.5. The van der Waals surface area contributed by atoms with Crippen LogP contribution in [0.3, 0.4) is 0 Å². The van der Waals surface area contributed by atoms with Crippen molar-refractivity contribution >= 4 is 23.4 Å². The highest BCUT2D eigenvalue weighted by Crippen LogP contribution is 2.18. The molecule has 156 valence electrons. The molecule has 0 atom stereocenters. The van der Waals surface area contributed by atoms with E-state index in [0.717, 1.165) is 45.4 Å². The number of para-hydroxylation sites is 1. The molecule has 0 saturated carbocycles. The molecule has 3 N–H and O–H groups in total. The summed E-state index contributed by atoms with van der Waals surface area (Å²) in [6.45, 7) is 2.02. The normalized spacial score (nSPS) is 10.6.